The summed E-state index contributed by atoms with van der Waals surface area (Å²) in [7, 11) is 0. The lowest BCUT2D eigenvalue weighted by molar-refractivity contribution is 0.105. The number of carbonyl (C=O) groups excluding carboxylic acids is 1. The smallest absolute Gasteiger partial charge is 0.409 e. The number of anilines is 1. The van der Waals surface area contributed by atoms with Crippen LogP contribution in [0, 0.1) is 0 Å². The zero-order chi connectivity index (χ0) is 16.9. The van der Waals surface area contributed by atoms with Crippen molar-refractivity contribution in [1.82, 2.24) is 14.9 Å². The van der Waals surface area contributed by atoms with Crippen molar-refractivity contribution in [1.29, 1.82) is 0 Å². The molecule has 0 unspecified atom stereocenters. The number of aromatic nitrogens is 2. The normalized spacial score (nSPS) is 14.9. The first-order valence-electron chi connectivity index (χ1n) is 8.64. The van der Waals surface area contributed by atoms with Crippen molar-refractivity contribution in [3.8, 4) is 11.4 Å². The van der Waals surface area contributed by atoms with Crippen LogP contribution in [-0.2, 0) is 11.2 Å². The molecular formula is C18H24N4O2. The number of carbonyl (C=O) groups is 1. The van der Waals surface area contributed by atoms with E-state index in [1.54, 1.807) is 4.90 Å². The summed E-state index contributed by atoms with van der Waals surface area (Å²) in [5.41, 5.74) is 3.14. The molecule has 0 radical (unpaired) electrons. The zero-order valence-electron chi connectivity index (χ0n) is 14.4. The van der Waals surface area contributed by atoms with Gasteiger partial charge in [0.2, 0.25) is 5.95 Å². The van der Waals surface area contributed by atoms with Crippen LogP contribution < -0.4 is 4.90 Å². The van der Waals surface area contributed by atoms with Crippen LogP contribution in [0.2, 0.25) is 0 Å². The van der Waals surface area contributed by atoms with Crippen LogP contribution in [0.1, 0.15) is 25.8 Å². The maximum absolute atomic E-state index is 11.8. The van der Waals surface area contributed by atoms with Gasteiger partial charge in [-0.25, -0.2) is 14.8 Å². The average Bonchev–Trinajstić information content (AvgIpc) is 2.92. The summed E-state index contributed by atoms with van der Waals surface area (Å²) in [6.45, 7) is 7.13. The van der Waals surface area contributed by atoms with E-state index in [2.05, 4.69) is 33.9 Å². The molecule has 1 fully saturated rings. The predicted molar refractivity (Wildman–Crippen MR) is 93.5 cm³/mol. The predicted octanol–water partition coefficient (Wildman–Crippen LogP) is 2.81. The summed E-state index contributed by atoms with van der Waals surface area (Å²) in [5, 5.41) is 0. The number of amides is 1. The molecule has 0 atom stereocenters. The molecule has 2 aliphatic heterocycles. The highest BCUT2D eigenvalue weighted by atomic mass is 16.6. The van der Waals surface area contributed by atoms with E-state index in [-0.39, 0.29) is 6.09 Å². The summed E-state index contributed by atoms with van der Waals surface area (Å²) in [4.78, 5) is 24.9. The summed E-state index contributed by atoms with van der Waals surface area (Å²) in [6.07, 6.45) is 1.96. The number of aryl methyl sites for hydroxylation is 1. The molecule has 3 rings (SSSR count). The minimum Gasteiger partial charge on any atom is -0.450 e. The fourth-order valence-electron chi connectivity index (χ4n) is 2.93. The summed E-state index contributed by atoms with van der Waals surface area (Å²) >= 11 is 0. The Morgan fingerprint density at radius 1 is 1.04 bits per heavy atom. The average molecular weight is 328 g/mol. The van der Waals surface area contributed by atoms with Crippen LogP contribution >= 0.6 is 0 Å². The Morgan fingerprint density at radius 3 is 2.21 bits per heavy atom. The second kappa shape index (κ2) is 7.47. The number of imidazole rings is 1. The van der Waals surface area contributed by atoms with Gasteiger partial charge in [0.1, 0.15) is 0 Å². The Labute approximate surface area is 142 Å². The van der Waals surface area contributed by atoms with Crippen LogP contribution in [0.4, 0.5) is 10.7 Å². The molecule has 24 heavy (non-hydrogen) atoms. The monoisotopic (exact) mass is 328 g/mol. The van der Waals surface area contributed by atoms with Gasteiger partial charge in [-0.1, -0.05) is 25.5 Å². The van der Waals surface area contributed by atoms with E-state index in [1.165, 1.54) is 5.56 Å². The minimum atomic E-state index is -0.235. The molecule has 2 heterocycles. The van der Waals surface area contributed by atoms with E-state index in [4.69, 9.17) is 4.74 Å². The van der Waals surface area contributed by atoms with Gasteiger partial charge in [-0.15, -0.1) is 0 Å². The Balaban J connectivity index is 1.69. The Morgan fingerprint density at radius 2 is 1.67 bits per heavy atom. The number of rotatable bonds is 4. The number of fused-ring (bicyclic) bond motifs is 1. The lowest BCUT2D eigenvalue weighted by Crippen LogP contribution is -2.49. The van der Waals surface area contributed by atoms with E-state index in [1.807, 2.05) is 19.1 Å². The van der Waals surface area contributed by atoms with Crippen LogP contribution in [0.3, 0.4) is 0 Å². The first kappa shape index (κ1) is 16.5. The second-order valence-electron chi connectivity index (χ2n) is 5.96. The van der Waals surface area contributed by atoms with Crippen LogP contribution in [0.15, 0.2) is 24.3 Å². The van der Waals surface area contributed by atoms with Crippen LogP contribution in [-0.4, -0.2) is 53.7 Å². The van der Waals surface area contributed by atoms with E-state index in [0.29, 0.717) is 19.7 Å². The highest BCUT2D eigenvalue weighted by molar-refractivity contribution is 5.68. The molecule has 0 aromatic carbocycles. The van der Waals surface area contributed by atoms with Gasteiger partial charge in [0.15, 0.2) is 0 Å². The molecule has 0 aromatic rings. The van der Waals surface area contributed by atoms with Gasteiger partial charge in [0.05, 0.1) is 18.0 Å². The SMILES string of the molecule is CCCc1ccc2nc(N3CCN(C(=O)OCC)CC3)nc-2cc1. The maximum Gasteiger partial charge on any atom is 0.409 e. The molecule has 6 heteroatoms. The van der Waals surface area contributed by atoms with E-state index in [9.17, 15) is 4.79 Å². The van der Waals surface area contributed by atoms with Gasteiger partial charge in [-0.05, 0) is 31.0 Å². The topological polar surface area (TPSA) is 58.6 Å². The van der Waals surface area contributed by atoms with Gasteiger partial charge in [-0.3, -0.25) is 0 Å². The molecule has 6 nitrogen and oxygen atoms in total. The molecule has 3 aliphatic rings. The molecule has 0 saturated carbocycles. The molecule has 1 saturated heterocycles. The van der Waals surface area contributed by atoms with Gasteiger partial charge >= 0.3 is 6.09 Å². The van der Waals surface area contributed by atoms with Crippen LogP contribution in [0.5, 0.6) is 0 Å². The third-order valence-corrected chi connectivity index (χ3v) is 4.24. The number of hydrogen-bond acceptors (Lipinski definition) is 5. The Hall–Kier alpha value is -2.37. The summed E-state index contributed by atoms with van der Waals surface area (Å²) in [6, 6.07) is 8.35. The van der Waals surface area contributed by atoms with Crippen molar-refractivity contribution < 1.29 is 9.53 Å². The Kier molecular flexibility index (Phi) is 5.13. The molecule has 0 N–H and O–H groups in total. The minimum absolute atomic E-state index is 0.235. The molecule has 1 amide bonds. The standard InChI is InChI=1S/C18H24N4O2/c1-3-5-14-6-8-15-16(9-7-14)20-17(19-15)21-10-12-22(13-11-21)18(23)24-4-2/h6-9H,3-5,10-13H2,1-2H3. The highest BCUT2D eigenvalue weighted by Crippen LogP contribution is 2.23. The van der Waals surface area contributed by atoms with E-state index < -0.39 is 0 Å². The van der Waals surface area contributed by atoms with Crippen molar-refractivity contribution in [2.45, 2.75) is 26.7 Å². The molecule has 128 valence electrons. The van der Waals surface area contributed by atoms with Crippen molar-refractivity contribution >= 4 is 12.0 Å². The van der Waals surface area contributed by atoms with Gasteiger partial charge in [0, 0.05) is 26.2 Å². The van der Waals surface area contributed by atoms with Crippen molar-refractivity contribution in [2.24, 2.45) is 0 Å². The van der Waals surface area contributed by atoms with Gasteiger partial charge < -0.3 is 14.5 Å². The Bertz CT molecular complexity index is 634. The van der Waals surface area contributed by atoms with Gasteiger partial charge in [0.25, 0.3) is 0 Å². The number of nitrogens with zero attached hydrogens (tertiary/aromatic N) is 4. The largest absolute Gasteiger partial charge is 0.450 e. The molecular weight excluding hydrogens is 304 g/mol. The quantitative estimate of drug-likeness (QED) is 0.864. The molecule has 0 aromatic heterocycles. The summed E-state index contributed by atoms with van der Waals surface area (Å²) in [5.74, 6) is 0.747. The first-order chi connectivity index (χ1) is 11.7. The third-order valence-electron chi connectivity index (χ3n) is 4.24. The van der Waals surface area contributed by atoms with Crippen LogP contribution in [0.25, 0.3) is 11.4 Å². The second-order valence-corrected chi connectivity index (χ2v) is 5.96. The van der Waals surface area contributed by atoms with Crippen molar-refractivity contribution in [3.05, 3.63) is 29.8 Å². The fraction of sp³-hybridized carbons (Fsp3) is 0.500. The maximum atomic E-state index is 11.8. The molecule has 0 bridgehead atoms. The lowest BCUT2D eigenvalue weighted by Gasteiger charge is -2.33. The molecule has 1 aliphatic carbocycles. The summed E-state index contributed by atoms with van der Waals surface area (Å²) < 4.78 is 5.05. The van der Waals surface area contributed by atoms with Crippen molar-refractivity contribution in [2.75, 3.05) is 37.7 Å². The zero-order valence-corrected chi connectivity index (χ0v) is 14.4. The van der Waals surface area contributed by atoms with Crippen molar-refractivity contribution in [3.63, 3.8) is 0 Å². The highest BCUT2D eigenvalue weighted by Gasteiger charge is 2.24. The van der Waals surface area contributed by atoms with Gasteiger partial charge in [-0.2, -0.15) is 0 Å². The lowest BCUT2D eigenvalue weighted by atomic mass is 10.2. The van der Waals surface area contributed by atoms with E-state index in [0.717, 1.165) is 43.3 Å². The first-order valence-corrected chi connectivity index (χ1v) is 8.64. The number of hydrogen-bond donors (Lipinski definition) is 0. The molecule has 0 spiro atoms. The number of piperazine rings is 1. The van der Waals surface area contributed by atoms with E-state index >= 15 is 0 Å². The fourth-order valence-corrected chi connectivity index (χ4v) is 2.93. The number of ether oxygens (including phenoxy) is 1. The third kappa shape index (κ3) is 3.58.